The van der Waals surface area contributed by atoms with E-state index in [4.69, 9.17) is 9.72 Å². The van der Waals surface area contributed by atoms with Gasteiger partial charge in [0.15, 0.2) is 0 Å². The lowest BCUT2D eigenvalue weighted by Gasteiger charge is -2.15. The van der Waals surface area contributed by atoms with Crippen molar-refractivity contribution >= 4 is 38.7 Å². The molecule has 0 radical (unpaired) electrons. The summed E-state index contributed by atoms with van der Waals surface area (Å²) >= 11 is 3.43. The zero-order valence-corrected chi connectivity index (χ0v) is 18.9. The van der Waals surface area contributed by atoms with Gasteiger partial charge in [-0.15, -0.1) is 0 Å². The molecular formula is C22H25BrN4O2. The van der Waals surface area contributed by atoms with Gasteiger partial charge in [-0.2, -0.15) is 9.78 Å². The SMILES string of the molecule is CC[C@@H](C)c1nc2ccc(Br)cc2c(=O)n1N=Cc1ccc(N(C)C)cc1OC. The molecule has 3 rings (SSSR count). The summed E-state index contributed by atoms with van der Waals surface area (Å²) in [6.07, 6.45) is 2.50. The van der Waals surface area contributed by atoms with Crippen LogP contribution in [0.4, 0.5) is 5.69 Å². The number of methoxy groups -OCH3 is 1. The van der Waals surface area contributed by atoms with Crippen molar-refractivity contribution in [1.29, 1.82) is 0 Å². The van der Waals surface area contributed by atoms with Crippen LogP contribution in [0.1, 0.15) is 37.6 Å². The van der Waals surface area contributed by atoms with Gasteiger partial charge in [0.2, 0.25) is 0 Å². The van der Waals surface area contributed by atoms with Crippen LogP contribution in [0, 0.1) is 0 Å². The molecule has 0 aliphatic carbocycles. The lowest BCUT2D eigenvalue weighted by molar-refractivity contribution is 0.414. The molecule has 29 heavy (non-hydrogen) atoms. The summed E-state index contributed by atoms with van der Waals surface area (Å²) in [6, 6.07) is 11.4. The fraction of sp³-hybridized carbons (Fsp3) is 0.318. The van der Waals surface area contributed by atoms with E-state index in [9.17, 15) is 4.79 Å². The van der Waals surface area contributed by atoms with Gasteiger partial charge in [0.05, 0.1) is 24.2 Å². The van der Waals surface area contributed by atoms with Gasteiger partial charge in [0.1, 0.15) is 11.6 Å². The molecule has 6 nitrogen and oxygen atoms in total. The van der Waals surface area contributed by atoms with Crippen LogP contribution in [0.2, 0.25) is 0 Å². The average Bonchev–Trinajstić information content (AvgIpc) is 2.72. The summed E-state index contributed by atoms with van der Waals surface area (Å²) in [6.45, 7) is 4.12. The molecule has 0 saturated heterocycles. The van der Waals surface area contributed by atoms with Crippen molar-refractivity contribution in [1.82, 2.24) is 9.66 Å². The van der Waals surface area contributed by atoms with Crippen molar-refractivity contribution in [2.45, 2.75) is 26.2 Å². The van der Waals surface area contributed by atoms with Gasteiger partial charge in [0.25, 0.3) is 5.56 Å². The molecule has 1 atom stereocenters. The van der Waals surface area contributed by atoms with E-state index >= 15 is 0 Å². The maximum atomic E-state index is 13.2. The first kappa shape index (κ1) is 21.0. The van der Waals surface area contributed by atoms with Gasteiger partial charge in [-0.3, -0.25) is 4.79 Å². The summed E-state index contributed by atoms with van der Waals surface area (Å²) in [5.74, 6) is 1.42. The monoisotopic (exact) mass is 456 g/mol. The van der Waals surface area contributed by atoms with Crippen molar-refractivity contribution in [2.75, 3.05) is 26.1 Å². The van der Waals surface area contributed by atoms with Crippen molar-refractivity contribution in [3.8, 4) is 5.75 Å². The molecule has 0 fully saturated rings. The van der Waals surface area contributed by atoms with Crippen LogP contribution in [0.3, 0.4) is 0 Å². The fourth-order valence-electron chi connectivity index (χ4n) is 2.98. The van der Waals surface area contributed by atoms with E-state index < -0.39 is 0 Å². The highest BCUT2D eigenvalue weighted by atomic mass is 79.9. The molecule has 152 valence electrons. The molecule has 0 amide bonds. The van der Waals surface area contributed by atoms with Crippen LogP contribution in [0.25, 0.3) is 10.9 Å². The van der Waals surface area contributed by atoms with Gasteiger partial charge in [-0.1, -0.05) is 29.8 Å². The lowest BCUT2D eigenvalue weighted by Crippen LogP contribution is -2.23. The van der Waals surface area contributed by atoms with Crippen molar-refractivity contribution in [3.63, 3.8) is 0 Å². The fourth-order valence-corrected chi connectivity index (χ4v) is 3.34. The summed E-state index contributed by atoms with van der Waals surface area (Å²) in [7, 11) is 5.57. The molecule has 2 aromatic carbocycles. The predicted octanol–water partition coefficient (Wildman–Crippen LogP) is 4.63. The van der Waals surface area contributed by atoms with E-state index in [0.29, 0.717) is 22.5 Å². The smallest absolute Gasteiger partial charge is 0.282 e. The third-order valence-corrected chi connectivity index (χ3v) is 5.43. The van der Waals surface area contributed by atoms with Crippen LogP contribution in [-0.2, 0) is 0 Å². The standard InChI is InChI=1S/C22H25BrN4O2/c1-6-14(2)21-25-19-10-8-16(23)11-18(19)22(28)27(21)24-13-15-7-9-17(26(3)4)12-20(15)29-5/h7-14H,6H2,1-5H3/t14-/m1/s1. The van der Waals surface area contributed by atoms with Crippen LogP contribution in [0.5, 0.6) is 5.75 Å². The Morgan fingerprint density at radius 3 is 2.69 bits per heavy atom. The molecule has 3 aromatic rings. The Morgan fingerprint density at radius 2 is 2.03 bits per heavy atom. The van der Waals surface area contributed by atoms with E-state index in [0.717, 1.165) is 22.1 Å². The first-order chi connectivity index (χ1) is 13.8. The maximum Gasteiger partial charge on any atom is 0.282 e. The number of hydrogen-bond acceptors (Lipinski definition) is 5. The zero-order chi connectivity index (χ0) is 21.1. The summed E-state index contributed by atoms with van der Waals surface area (Å²) in [4.78, 5) is 19.9. The normalized spacial score (nSPS) is 12.5. The molecule has 0 bridgehead atoms. The van der Waals surface area contributed by atoms with Gasteiger partial charge in [-0.05, 0) is 36.8 Å². The van der Waals surface area contributed by atoms with E-state index in [-0.39, 0.29) is 11.5 Å². The van der Waals surface area contributed by atoms with E-state index in [1.807, 2.05) is 56.3 Å². The number of fused-ring (bicyclic) bond motifs is 1. The molecular weight excluding hydrogens is 432 g/mol. The highest BCUT2D eigenvalue weighted by Gasteiger charge is 2.16. The second-order valence-electron chi connectivity index (χ2n) is 7.12. The number of halogens is 1. The third kappa shape index (κ3) is 4.34. The molecule has 0 aliphatic heterocycles. The first-order valence-electron chi connectivity index (χ1n) is 9.47. The number of benzene rings is 2. The molecule has 1 heterocycles. The molecule has 0 spiro atoms. The highest BCUT2D eigenvalue weighted by Crippen LogP contribution is 2.24. The van der Waals surface area contributed by atoms with Gasteiger partial charge in [0, 0.05) is 41.8 Å². The molecule has 0 unspecified atom stereocenters. The van der Waals surface area contributed by atoms with Crippen LogP contribution >= 0.6 is 15.9 Å². The zero-order valence-electron chi connectivity index (χ0n) is 17.3. The molecule has 1 aromatic heterocycles. The number of nitrogens with zero attached hydrogens (tertiary/aromatic N) is 4. The molecule has 0 N–H and O–H groups in total. The number of anilines is 1. The predicted molar refractivity (Wildman–Crippen MR) is 123 cm³/mol. The second kappa shape index (κ2) is 8.78. The van der Waals surface area contributed by atoms with Gasteiger partial charge >= 0.3 is 0 Å². The summed E-state index contributed by atoms with van der Waals surface area (Å²) < 4.78 is 7.75. The molecule has 0 aliphatic rings. The third-order valence-electron chi connectivity index (χ3n) is 4.93. The number of ether oxygens (including phenoxy) is 1. The topological polar surface area (TPSA) is 59.7 Å². The number of hydrogen-bond donors (Lipinski definition) is 0. The molecule has 7 heteroatoms. The lowest BCUT2D eigenvalue weighted by atomic mass is 10.1. The highest BCUT2D eigenvalue weighted by molar-refractivity contribution is 9.10. The van der Waals surface area contributed by atoms with Crippen molar-refractivity contribution in [3.05, 3.63) is 62.6 Å². The molecule has 0 saturated carbocycles. The minimum absolute atomic E-state index is 0.0888. The number of rotatable bonds is 6. The Labute approximate surface area is 179 Å². The quantitative estimate of drug-likeness (QED) is 0.507. The minimum Gasteiger partial charge on any atom is -0.496 e. The van der Waals surface area contributed by atoms with E-state index in [1.54, 1.807) is 19.4 Å². The van der Waals surface area contributed by atoms with E-state index in [1.165, 1.54) is 4.68 Å². The Kier molecular flexibility index (Phi) is 6.37. The average molecular weight is 457 g/mol. The van der Waals surface area contributed by atoms with Crippen LogP contribution in [0.15, 0.2) is 50.8 Å². The van der Waals surface area contributed by atoms with Crippen LogP contribution < -0.4 is 15.2 Å². The first-order valence-corrected chi connectivity index (χ1v) is 10.3. The minimum atomic E-state index is -0.188. The van der Waals surface area contributed by atoms with Crippen molar-refractivity contribution < 1.29 is 4.74 Å². The van der Waals surface area contributed by atoms with Crippen molar-refractivity contribution in [2.24, 2.45) is 5.10 Å². The Morgan fingerprint density at radius 1 is 1.28 bits per heavy atom. The Bertz CT molecular complexity index is 1120. The second-order valence-corrected chi connectivity index (χ2v) is 8.04. The Hall–Kier alpha value is -2.67. The van der Waals surface area contributed by atoms with Gasteiger partial charge in [-0.25, -0.2) is 4.98 Å². The van der Waals surface area contributed by atoms with Gasteiger partial charge < -0.3 is 9.64 Å². The summed E-state index contributed by atoms with van der Waals surface area (Å²) in [5.41, 5.74) is 2.29. The largest absolute Gasteiger partial charge is 0.496 e. The summed E-state index contributed by atoms with van der Waals surface area (Å²) in [5, 5.41) is 5.04. The Balaban J connectivity index is 2.16. The van der Waals surface area contributed by atoms with Crippen LogP contribution in [-0.4, -0.2) is 37.1 Å². The maximum absolute atomic E-state index is 13.2. The van der Waals surface area contributed by atoms with E-state index in [2.05, 4.69) is 28.0 Å². The number of aromatic nitrogens is 2.